The van der Waals surface area contributed by atoms with Gasteiger partial charge in [-0.3, -0.25) is 0 Å². The third-order valence-corrected chi connectivity index (χ3v) is 3.74. The molecule has 0 aromatic carbocycles. The molecule has 0 aliphatic carbocycles. The molecule has 0 bridgehead atoms. The molecular formula is C15H27N5. The van der Waals surface area contributed by atoms with Crippen LogP contribution >= 0.6 is 0 Å². The summed E-state index contributed by atoms with van der Waals surface area (Å²) in [6, 6.07) is 2.33. The monoisotopic (exact) mass is 277 g/mol. The highest BCUT2D eigenvalue weighted by atomic mass is 15.3. The van der Waals surface area contributed by atoms with Crippen LogP contribution in [0.3, 0.4) is 0 Å². The molecule has 2 heterocycles. The van der Waals surface area contributed by atoms with Crippen molar-refractivity contribution >= 4 is 11.6 Å². The van der Waals surface area contributed by atoms with Crippen LogP contribution in [0.1, 0.15) is 39.9 Å². The lowest BCUT2D eigenvalue weighted by Gasteiger charge is -2.30. The standard InChI is InChI=1S/C15H27N5/c1-11-10-19(5)7-6-8-20(11)13-9-12(16)17-14(18-13)15(2,3)4/h9,11H,6-8,10H2,1-5H3,(H2,16,17,18). The molecule has 0 amide bonds. The van der Waals surface area contributed by atoms with Crippen LogP contribution in [0.2, 0.25) is 0 Å². The van der Waals surface area contributed by atoms with Gasteiger partial charge in [-0.2, -0.15) is 0 Å². The minimum absolute atomic E-state index is 0.0873. The van der Waals surface area contributed by atoms with E-state index in [-0.39, 0.29) is 5.41 Å². The number of nitrogens with zero attached hydrogens (tertiary/aromatic N) is 4. The average Bonchev–Trinajstić information content (AvgIpc) is 2.48. The van der Waals surface area contributed by atoms with Crippen LogP contribution in [0.5, 0.6) is 0 Å². The first kappa shape index (κ1) is 15.0. The van der Waals surface area contributed by atoms with Crippen molar-refractivity contribution in [2.45, 2.75) is 45.6 Å². The number of hydrogen-bond acceptors (Lipinski definition) is 5. The minimum Gasteiger partial charge on any atom is -0.384 e. The average molecular weight is 277 g/mol. The summed E-state index contributed by atoms with van der Waals surface area (Å²) in [5, 5.41) is 0. The molecule has 1 aliphatic heterocycles. The van der Waals surface area contributed by atoms with E-state index in [1.54, 1.807) is 0 Å². The number of rotatable bonds is 1. The molecule has 1 aliphatic rings. The van der Waals surface area contributed by atoms with E-state index < -0.39 is 0 Å². The molecule has 1 saturated heterocycles. The largest absolute Gasteiger partial charge is 0.384 e. The number of aromatic nitrogens is 2. The van der Waals surface area contributed by atoms with Crippen molar-refractivity contribution < 1.29 is 0 Å². The summed E-state index contributed by atoms with van der Waals surface area (Å²) < 4.78 is 0. The Morgan fingerprint density at radius 1 is 1.25 bits per heavy atom. The fraction of sp³-hybridized carbons (Fsp3) is 0.733. The lowest BCUT2D eigenvalue weighted by molar-refractivity contribution is 0.337. The molecule has 112 valence electrons. The summed E-state index contributed by atoms with van der Waals surface area (Å²) in [5.41, 5.74) is 5.90. The summed E-state index contributed by atoms with van der Waals surface area (Å²) in [5.74, 6) is 2.34. The second-order valence-electron chi connectivity index (χ2n) is 6.88. The van der Waals surface area contributed by atoms with Gasteiger partial charge in [0.15, 0.2) is 0 Å². The van der Waals surface area contributed by atoms with Crippen molar-refractivity contribution in [1.82, 2.24) is 14.9 Å². The molecule has 1 unspecified atom stereocenters. The summed E-state index contributed by atoms with van der Waals surface area (Å²) in [6.07, 6.45) is 1.15. The minimum atomic E-state index is -0.0873. The Morgan fingerprint density at radius 3 is 2.60 bits per heavy atom. The van der Waals surface area contributed by atoms with Gasteiger partial charge in [-0.15, -0.1) is 0 Å². The second-order valence-corrected chi connectivity index (χ2v) is 6.88. The van der Waals surface area contributed by atoms with Crippen LogP contribution in [0.25, 0.3) is 0 Å². The van der Waals surface area contributed by atoms with Crippen molar-refractivity contribution in [2.75, 3.05) is 37.3 Å². The van der Waals surface area contributed by atoms with Crippen molar-refractivity contribution in [3.8, 4) is 0 Å². The summed E-state index contributed by atoms with van der Waals surface area (Å²) in [6.45, 7) is 11.8. The molecule has 0 radical (unpaired) electrons. The van der Waals surface area contributed by atoms with Crippen LogP contribution in [0, 0.1) is 0 Å². The molecule has 20 heavy (non-hydrogen) atoms. The summed E-state index contributed by atoms with van der Waals surface area (Å²) in [4.78, 5) is 13.9. The predicted octanol–water partition coefficient (Wildman–Crippen LogP) is 1.89. The third kappa shape index (κ3) is 3.39. The van der Waals surface area contributed by atoms with Gasteiger partial charge >= 0.3 is 0 Å². The van der Waals surface area contributed by atoms with Gasteiger partial charge in [0, 0.05) is 30.6 Å². The second kappa shape index (κ2) is 5.56. The Bertz CT molecular complexity index is 466. The Balaban J connectivity index is 2.34. The van der Waals surface area contributed by atoms with Crippen LogP contribution in [0.4, 0.5) is 11.6 Å². The lowest BCUT2D eigenvalue weighted by atomic mass is 9.96. The zero-order chi connectivity index (χ0) is 14.9. The molecule has 0 saturated carbocycles. The molecule has 1 aromatic rings. The fourth-order valence-corrected chi connectivity index (χ4v) is 2.65. The third-order valence-electron chi connectivity index (χ3n) is 3.74. The van der Waals surface area contributed by atoms with Crippen LogP contribution in [0.15, 0.2) is 6.07 Å². The number of anilines is 2. The summed E-state index contributed by atoms with van der Waals surface area (Å²) in [7, 11) is 2.18. The maximum Gasteiger partial charge on any atom is 0.138 e. The Labute approximate surface area is 122 Å². The van der Waals surface area contributed by atoms with E-state index in [0.29, 0.717) is 11.9 Å². The van der Waals surface area contributed by atoms with Gasteiger partial charge < -0.3 is 15.5 Å². The van der Waals surface area contributed by atoms with Crippen LogP contribution in [-0.4, -0.2) is 47.6 Å². The highest BCUT2D eigenvalue weighted by Crippen LogP contribution is 2.25. The van der Waals surface area contributed by atoms with Gasteiger partial charge in [0.05, 0.1) is 0 Å². The van der Waals surface area contributed by atoms with Gasteiger partial charge in [-0.25, -0.2) is 9.97 Å². The number of nitrogen functional groups attached to an aromatic ring is 1. The first-order valence-corrected chi connectivity index (χ1v) is 7.37. The predicted molar refractivity (Wildman–Crippen MR) is 84.1 cm³/mol. The quantitative estimate of drug-likeness (QED) is 0.849. The highest BCUT2D eigenvalue weighted by Gasteiger charge is 2.24. The SMILES string of the molecule is CC1CN(C)CCCN1c1cc(N)nc(C(C)(C)C)n1. The van der Waals surface area contributed by atoms with Crippen molar-refractivity contribution in [2.24, 2.45) is 0 Å². The Kier molecular flexibility index (Phi) is 4.18. The molecule has 1 fully saturated rings. The normalized spacial score (nSPS) is 21.9. The molecule has 2 N–H and O–H groups in total. The van der Waals surface area contributed by atoms with Gasteiger partial charge in [-0.05, 0) is 26.9 Å². The first-order valence-electron chi connectivity index (χ1n) is 7.37. The van der Waals surface area contributed by atoms with Gasteiger partial charge in [0.25, 0.3) is 0 Å². The van der Waals surface area contributed by atoms with Gasteiger partial charge in [-0.1, -0.05) is 20.8 Å². The molecular weight excluding hydrogens is 250 g/mol. The fourth-order valence-electron chi connectivity index (χ4n) is 2.65. The molecule has 5 nitrogen and oxygen atoms in total. The highest BCUT2D eigenvalue weighted by molar-refractivity contribution is 5.48. The number of nitrogens with two attached hydrogens (primary N) is 1. The Morgan fingerprint density at radius 2 is 1.95 bits per heavy atom. The molecule has 0 spiro atoms. The summed E-state index contributed by atoms with van der Waals surface area (Å²) >= 11 is 0. The van der Waals surface area contributed by atoms with E-state index >= 15 is 0 Å². The van der Waals surface area contributed by atoms with Crippen molar-refractivity contribution in [1.29, 1.82) is 0 Å². The molecule has 1 atom stereocenters. The smallest absolute Gasteiger partial charge is 0.138 e. The molecule has 5 heteroatoms. The van der Waals surface area contributed by atoms with Crippen LogP contribution < -0.4 is 10.6 Å². The Hall–Kier alpha value is -1.36. The topological polar surface area (TPSA) is 58.3 Å². The molecule has 2 rings (SSSR count). The number of likely N-dealkylation sites (N-methyl/N-ethyl adjacent to an activating group) is 1. The van der Waals surface area contributed by atoms with E-state index in [2.05, 4.69) is 49.5 Å². The van der Waals surface area contributed by atoms with E-state index in [4.69, 9.17) is 10.7 Å². The maximum absolute atomic E-state index is 5.99. The van der Waals surface area contributed by atoms with Gasteiger partial charge in [0.1, 0.15) is 17.5 Å². The van der Waals surface area contributed by atoms with Crippen molar-refractivity contribution in [3.63, 3.8) is 0 Å². The van der Waals surface area contributed by atoms with Crippen LogP contribution in [-0.2, 0) is 5.41 Å². The molecule has 1 aromatic heterocycles. The van der Waals surface area contributed by atoms with E-state index in [0.717, 1.165) is 37.7 Å². The number of hydrogen-bond donors (Lipinski definition) is 1. The lowest BCUT2D eigenvalue weighted by Crippen LogP contribution is -2.39. The van der Waals surface area contributed by atoms with E-state index in [9.17, 15) is 0 Å². The van der Waals surface area contributed by atoms with Gasteiger partial charge in [0.2, 0.25) is 0 Å². The first-order chi connectivity index (χ1) is 9.27. The van der Waals surface area contributed by atoms with Crippen molar-refractivity contribution in [3.05, 3.63) is 11.9 Å². The van der Waals surface area contributed by atoms with E-state index in [1.807, 2.05) is 6.07 Å². The maximum atomic E-state index is 5.99. The zero-order valence-electron chi connectivity index (χ0n) is 13.3. The zero-order valence-corrected chi connectivity index (χ0v) is 13.3. The van der Waals surface area contributed by atoms with E-state index in [1.165, 1.54) is 0 Å².